The first-order valence-corrected chi connectivity index (χ1v) is 5.79. The topological polar surface area (TPSA) is 78.5 Å². The van der Waals surface area contributed by atoms with E-state index in [1.807, 2.05) is 12.1 Å². The number of carboxylic acids is 1. The van der Waals surface area contributed by atoms with Crippen molar-refractivity contribution in [3.63, 3.8) is 0 Å². The Morgan fingerprint density at radius 3 is 2.45 bits per heavy atom. The zero-order valence-electron chi connectivity index (χ0n) is 11.9. The van der Waals surface area contributed by atoms with Crippen LogP contribution in [0.4, 0.5) is 0 Å². The number of rotatable bonds is 6. The van der Waals surface area contributed by atoms with E-state index in [1.165, 1.54) is 13.2 Å². The van der Waals surface area contributed by atoms with Gasteiger partial charge in [-0.15, -0.1) is 0 Å². The van der Waals surface area contributed by atoms with Crippen LogP contribution in [-0.2, 0) is 27.3 Å². The average Bonchev–Trinajstić information content (AvgIpc) is 2.37. The molecule has 0 bridgehead atoms. The summed E-state index contributed by atoms with van der Waals surface area (Å²) in [5.41, 5.74) is 2.19. The van der Waals surface area contributed by atoms with Crippen LogP contribution in [0.2, 0.25) is 0 Å². The van der Waals surface area contributed by atoms with E-state index in [0.29, 0.717) is 17.8 Å². The first-order valence-electron chi connectivity index (χ1n) is 5.79. The summed E-state index contributed by atoms with van der Waals surface area (Å²) in [4.78, 5) is 21.7. The fourth-order valence-corrected chi connectivity index (χ4v) is 1.58. The van der Waals surface area contributed by atoms with Crippen molar-refractivity contribution in [3.05, 3.63) is 47.2 Å². The van der Waals surface area contributed by atoms with Crippen LogP contribution in [0.25, 0.3) is 0 Å². The molecule has 5 nitrogen and oxygen atoms in total. The van der Waals surface area contributed by atoms with E-state index in [0.717, 1.165) is 5.56 Å². The Bertz CT molecular complexity index is 500. The second-order valence-electron chi connectivity index (χ2n) is 4.02. The number of nitrogens with one attached hydrogen (secondary N) is 1. The van der Waals surface area contributed by atoms with Crippen molar-refractivity contribution in [2.75, 3.05) is 7.11 Å². The summed E-state index contributed by atoms with van der Waals surface area (Å²) in [7, 11) is 1.31. The number of methoxy groups -OCH3 is 1. The fraction of sp³-hybridized carbons (Fsp3) is 0.286. The Hall–Kier alpha value is -0.664. The zero-order valence-corrected chi connectivity index (χ0v) is 15.1. The third-order valence-electron chi connectivity index (χ3n) is 2.55. The molecule has 1 aromatic rings. The maximum Gasteiger partial charge on any atom is 1.00 e. The van der Waals surface area contributed by atoms with E-state index < -0.39 is 11.9 Å². The van der Waals surface area contributed by atoms with Crippen LogP contribution >= 0.6 is 0 Å². The van der Waals surface area contributed by atoms with Crippen LogP contribution < -0.4 is 61.8 Å². The molecule has 6 heteroatoms. The number of hydrogen-bond acceptors (Lipinski definition) is 5. The van der Waals surface area contributed by atoms with E-state index in [-0.39, 0.29) is 57.8 Å². The van der Waals surface area contributed by atoms with Crippen molar-refractivity contribution < 1.29 is 70.8 Å². The molecule has 0 heterocycles. The molecule has 0 aliphatic heterocycles. The quantitative estimate of drug-likeness (QED) is 0.348. The number of hydrogen-bond donors (Lipinski definition) is 1. The molecule has 0 aromatic heterocycles. The van der Waals surface area contributed by atoms with Gasteiger partial charge in [-0.2, -0.15) is 0 Å². The number of benzene rings is 1. The number of carbonyl (C=O) groups is 2. The Kier molecular flexibility index (Phi) is 9.78. The van der Waals surface area contributed by atoms with Gasteiger partial charge in [0.25, 0.3) is 0 Å². The Balaban J connectivity index is 0.00000361. The molecule has 0 radical (unpaired) electrons. The van der Waals surface area contributed by atoms with Gasteiger partial charge in [0.1, 0.15) is 0 Å². The predicted octanol–water partition coefficient (Wildman–Crippen LogP) is -2.85. The van der Waals surface area contributed by atoms with Crippen molar-refractivity contribution in [2.24, 2.45) is 0 Å². The van der Waals surface area contributed by atoms with Crippen molar-refractivity contribution in [1.82, 2.24) is 5.32 Å². The molecule has 0 saturated heterocycles. The van der Waals surface area contributed by atoms with Gasteiger partial charge in [-0.25, -0.2) is 4.79 Å². The molecular weight excluding hydrogens is 285 g/mol. The number of carboxylic acid groups (broad SMARTS) is 1. The first-order chi connectivity index (χ1) is 9.02. The van der Waals surface area contributed by atoms with Crippen molar-refractivity contribution >= 4 is 11.9 Å². The van der Waals surface area contributed by atoms with E-state index >= 15 is 0 Å². The maximum atomic E-state index is 11.0. The summed E-state index contributed by atoms with van der Waals surface area (Å²) < 4.78 is 4.51. The van der Waals surface area contributed by atoms with Crippen LogP contribution in [-0.4, -0.2) is 19.0 Å². The molecule has 1 N–H and O–H groups in total. The van der Waals surface area contributed by atoms with Gasteiger partial charge in [-0.1, -0.05) is 24.3 Å². The van der Waals surface area contributed by atoms with Gasteiger partial charge in [0, 0.05) is 30.7 Å². The van der Waals surface area contributed by atoms with Crippen molar-refractivity contribution in [1.29, 1.82) is 0 Å². The zero-order chi connectivity index (χ0) is 14.3. The number of carbonyl (C=O) groups excluding carboxylic acids is 2. The molecule has 0 fully saturated rings. The van der Waals surface area contributed by atoms with Gasteiger partial charge in [0.2, 0.25) is 0 Å². The second kappa shape index (κ2) is 10.1. The van der Waals surface area contributed by atoms with Gasteiger partial charge in [0.15, 0.2) is 0 Å². The van der Waals surface area contributed by atoms with Crippen LogP contribution in [0.15, 0.2) is 36.0 Å². The summed E-state index contributed by atoms with van der Waals surface area (Å²) in [5.74, 6) is -1.55. The van der Waals surface area contributed by atoms with Crippen molar-refractivity contribution in [2.45, 2.75) is 19.9 Å². The van der Waals surface area contributed by atoms with Gasteiger partial charge in [0.05, 0.1) is 7.11 Å². The summed E-state index contributed by atoms with van der Waals surface area (Å²) >= 11 is 0. The molecule has 0 unspecified atom stereocenters. The molecule has 0 aliphatic rings. The summed E-state index contributed by atoms with van der Waals surface area (Å²) in [6.45, 7) is 2.17. The van der Waals surface area contributed by atoms with E-state index in [1.54, 1.807) is 19.1 Å². The van der Waals surface area contributed by atoms with Gasteiger partial charge >= 0.3 is 57.4 Å². The van der Waals surface area contributed by atoms with Crippen LogP contribution in [0, 0.1) is 0 Å². The molecule has 20 heavy (non-hydrogen) atoms. The smallest absolute Gasteiger partial charge is 0.550 e. The van der Waals surface area contributed by atoms with Gasteiger partial charge in [-0.05, 0) is 18.1 Å². The SMILES string of the molecule is COC(=O)/C=C(\C)NCc1ccccc1CC(=O)[O-].[K+]. The number of ether oxygens (including phenoxy) is 1. The normalized spacial score (nSPS) is 10.4. The Morgan fingerprint density at radius 1 is 1.30 bits per heavy atom. The molecular formula is C14H16KNO4. The van der Waals surface area contributed by atoms with Crippen LogP contribution in [0.1, 0.15) is 18.1 Å². The molecule has 0 saturated carbocycles. The monoisotopic (exact) mass is 301 g/mol. The third-order valence-corrected chi connectivity index (χ3v) is 2.55. The summed E-state index contributed by atoms with van der Waals surface area (Å²) in [6.07, 6.45) is 1.21. The van der Waals surface area contributed by atoms with Crippen LogP contribution in [0.3, 0.4) is 0 Å². The fourth-order valence-electron chi connectivity index (χ4n) is 1.58. The first kappa shape index (κ1) is 19.3. The molecule has 1 rings (SSSR count). The molecule has 0 aliphatic carbocycles. The molecule has 0 atom stereocenters. The Morgan fingerprint density at radius 2 is 1.90 bits per heavy atom. The summed E-state index contributed by atoms with van der Waals surface area (Å²) in [5, 5.41) is 13.7. The predicted molar refractivity (Wildman–Crippen MR) is 67.8 cm³/mol. The summed E-state index contributed by atoms with van der Waals surface area (Å²) in [6, 6.07) is 7.18. The number of esters is 1. The molecule has 0 amide bonds. The number of aliphatic carboxylic acids is 1. The van der Waals surface area contributed by atoms with Crippen LogP contribution in [0.5, 0.6) is 0 Å². The number of allylic oxidation sites excluding steroid dienone is 1. The second-order valence-corrected chi connectivity index (χ2v) is 4.02. The van der Waals surface area contributed by atoms with E-state index in [9.17, 15) is 14.7 Å². The molecule has 0 spiro atoms. The average molecular weight is 301 g/mol. The standard InChI is InChI=1S/C14H17NO4.K/c1-10(7-14(18)19-2)15-9-12-6-4-3-5-11(12)8-13(16)17;/h3-7,15H,8-9H2,1-2H3,(H,16,17);/q;+1/p-1/b10-7+;. The minimum atomic E-state index is -1.12. The Labute approximate surface area is 160 Å². The van der Waals surface area contributed by atoms with Gasteiger partial charge in [-0.3, -0.25) is 0 Å². The minimum Gasteiger partial charge on any atom is -0.550 e. The van der Waals surface area contributed by atoms with Crippen molar-refractivity contribution in [3.8, 4) is 0 Å². The largest absolute Gasteiger partial charge is 1.00 e. The van der Waals surface area contributed by atoms with E-state index in [2.05, 4.69) is 10.1 Å². The maximum absolute atomic E-state index is 11.0. The minimum absolute atomic E-state index is 0. The van der Waals surface area contributed by atoms with E-state index in [4.69, 9.17) is 0 Å². The third kappa shape index (κ3) is 7.21. The molecule has 102 valence electrons. The molecule has 1 aromatic carbocycles. The van der Waals surface area contributed by atoms with Gasteiger partial charge < -0.3 is 20.0 Å².